The van der Waals surface area contributed by atoms with Gasteiger partial charge in [-0.3, -0.25) is 4.79 Å². The molecule has 1 saturated carbocycles. The van der Waals surface area contributed by atoms with E-state index in [0.717, 1.165) is 12.8 Å². The lowest BCUT2D eigenvalue weighted by atomic mass is 9.78. The summed E-state index contributed by atoms with van der Waals surface area (Å²) in [6, 6.07) is 0. The van der Waals surface area contributed by atoms with Crippen LogP contribution in [0.5, 0.6) is 0 Å². The van der Waals surface area contributed by atoms with Crippen LogP contribution >= 0.6 is 0 Å². The van der Waals surface area contributed by atoms with Crippen molar-refractivity contribution < 1.29 is 19.0 Å². The summed E-state index contributed by atoms with van der Waals surface area (Å²) in [6.45, 7) is 0. The van der Waals surface area contributed by atoms with E-state index in [0.29, 0.717) is 0 Å². The molecule has 1 fully saturated rings. The van der Waals surface area contributed by atoms with Crippen LogP contribution < -0.4 is 0 Å². The van der Waals surface area contributed by atoms with E-state index in [2.05, 4.69) is 4.74 Å². The summed E-state index contributed by atoms with van der Waals surface area (Å²) in [4.78, 5) is 11.1. The lowest BCUT2D eigenvalue weighted by molar-refractivity contribution is -0.284. The van der Waals surface area contributed by atoms with Gasteiger partial charge in [0.15, 0.2) is 5.79 Å². The number of hydrogen-bond donors (Lipinski definition) is 0. The Bertz CT molecular complexity index is 168. The topological polar surface area (TPSA) is 44.8 Å². The highest BCUT2D eigenvalue weighted by molar-refractivity contribution is 5.74. The Labute approximate surface area is 71.8 Å². The second-order valence-corrected chi connectivity index (χ2v) is 2.83. The summed E-state index contributed by atoms with van der Waals surface area (Å²) in [5, 5.41) is 0. The van der Waals surface area contributed by atoms with Crippen molar-refractivity contribution in [3.8, 4) is 0 Å². The first kappa shape index (κ1) is 9.48. The maximum atomic E-state index is 11.1. The van der Waals surface area contributed by atoms with Crippen molar-refractivity contribution in [1.29, 1.82) is 0 Å². The van der Waals surface area contributed by atoms with Crippen molar-refractivity contribution in [3.63, 3.8) is 0 Å². The highest BCUT2D eigenvalue weighted by atomic mass is 16.7. The molecular formula is C8H14O4. The first-order valence-electron chi connectivity index (χ1n) is 3.88. The number of esters is 1. The maximum Gasteiger partial charge on any atom is 0.314 e. The fraction of sp³-hybridized carbons (Fsp3) is 0.875. The molecule has 4 nitrogen and oxygen atoms in total. The highest BCUT2D eigenvalue weighted by Gasteiger charge is 2.52. The van der Waals surface area contributed by atoms with Crippen LogP contribution in [-0.4, -0.2) is 33.1 Å². The van der Waals surface area contributed by atoms with E-state index in [1.165, 1.54) is 7.11 Å². The molecule has 0 bridgehead atoms. The second kappa shape index (κ2) is 3.41. The van der Waals surface area contributed by atoms with Gasteiger partial charge in [-0.2, -0.15) is 0 Å². The third kappa shape index (κ3) is 1.21. The minimum atomic E-state index is -0.729. The van der Waals surface area contributed by atoms with E-state index in [-0.39, 0.29) is 11.9 Å². The standard InChI is InChI=1S/C8H14O4/c1-10-7(9)6-4-5-8(6,11-2)12-3/h6H,4-5H2,1-3H3/t6-/m1/s1. The van der Waals surface area contributed by atoms with Gasteiger partial charge in [0, 0.05) is 20.6 Å². The summed E-state index contributed by atoms with van der Waals surface area (Å²) >= 11 is 0. The maximum absolute atomic E-state index is 11.1. The number of methoxy groups -OCH3 is 3. The predicted octanol–water partition coefficient (Wildman–Crippen LogP) is 0.558. The molecule has 1 aliphatic carbocycles. The minimum absolute atomic E-state index is 0.259. The van der Waals surface area contributed by atoms with E-state index < -0.39 is 5.79 Å². The van der Waals surface area contributed by atoms with Crippen LogP contribution in [0.2, 0.25) is 0 Å². The number of ether oxygens (including phenoxy) is 3. The Balaban J connectivity index is 2.62. The van der Waals surface area contributed by atoms with Gasteiger partial charge in [-0.15, -0.1) is 0 Å². The van der Waals surface area contributed by atoms with Gasteiger partial charge < -0.3 is 14.2 Å². The second-order valence-electron chi connectivity index (χ2n) is 2.83. The fourth-order valence-electron chi connectivity index (χ4n) is 1.54. The van der Waals surface area contributed by atoms with Gasteiger partial charge in [0.2, 0.25) is 0 Å². The van der Waals surface area contributed by atoms with Gasteiger partial charge in [0.05, 0.1) is 7.11 Å². The average molecular weight is 174 g/mol. The predicted molar refractivity (Wildman–Crippen MR) is 41.5 cm³/mol. The van der Waals surface area contributed by atoms with Crippen molar-refractivity contribution in [1.82, 2.24) is 0 Å². The van der Waals surface area contributed by atoms with Gasteiger partial charge in [-0.05, 0) is 6.42 Å². The molecule has 0 aliphatic heterocycles. The van der Waals surface area contributed by atoms with Crippen LogP contribution in [0.1, 0.15) is 12.8 Å². The molecule has 12 heavy (non-hydrogen) atoms. The third-order valence-corrected chi connectivity index (χ3v) is 2.49. The normalized spacial score (nSPS) is 26.1. The third-order valence-electron chi connectivity index (χ3n) is 2.49. The molecule has 0 unspecified atom stereocenters. The lowest BCUT2D eigenvalue weighted by Gasteiger charge is -2.44. The molecule has 0 aromatic rings. The van der Waals surface area contributed by atoms with Crippen molar-refractivity contribution in [3.05, 3.63) is 0 Å². The summed E-state index contributed by atoms with van der Waals surface area (Å²) in [5.41, 5.74) is 0. The SMILES string of the molecule is COC(=O)[C@H]1CCC1(OC)OC. The molecule has 1 rings (SSSR count). The molecule has 0 saturated heterocycles. The summed E-state index contributed by atoms with van der Waals surface area (Å²) in [7, 11) is 4.45. The average Bonchev–Trinajstić information content (AvgIpc) is 2.05. The van der Waals surface area contributed by atoms with Gasteiger partial charge in [0.1, 0.15) is 5.92 Å². The van der Waals surface area contributed by atoms with Crippen molar-refractivity contribution in [2.24, 2.45) is 5.92 Å². The molecule has 0 radical (unpaired) electrons. The largest absolute Gasteiger partial charge is 0.469 e. The van der Waals surface area contributed by atoms with Crippen LogP contribution in [-0.2, 0) is 19.0 Å². The van der Waals surface area contributed by atoms with Crippen molar-refractivity contribution in [2.45, 2.75) is 18.6 Å². The molecule has 1 aliphatic rings. The summed E-state index contributed by atoms with van der Waals surface area (Å²) in [5.74, 6) is -1.25. The molecule has 4 heteroatoms. The Hall–Kier alpha value is -0.610. The van der Waals surface area contributed by atoms with Crippen LogP contribution in [0.25, 0.3) is 0 Å². The van der Waals surface area contributed by atoms with E-state index in [4.69, 9.17) is 9.47 Å². The number of hydrogen-bond acceptors (Lipinski definition) is 4. The van der Waals surface area contributed by atoms with E-state index >= 15 is 0 Å². The number of carbonyl (C=O) groups is 1. The monoisotopic (exact) mass is 174 g/mol. The van der Waals surface area contributed by atoms with Gasteiger partial charge in [-0.25, -0.2) is 0 Å². The molecule has 0 spiro atoms. The Kier molecular flexibility index (Phi) is 2.69. The number of rotatable bonds is 3. The fourth-order valence-corrected chi connectivity index (χ4v) is 1.54. The molecule has 0 aromatic heterocycles. The van der Waals surface area contributed by atoms with Crippen molar-refractivity contribution in [2.75, 3.05) is 21.3 Å². The van der Waals surface area contributed by atoms with Gasteiger partial charge >= 0.3 is 5.97 Å². The zero-order valence-corrected chi connectivity index (χ0v) is 7.62. The Morgan fingerprint density at radius 2 is 1.92 bits per heavy atom. The quantitative estimate of drug-likeness (QED) is 0.463. The van der Waals surface area contributed by atoms with E-state index in [1.807, 2.05) is 0 Å². The molecule has 70 valence electrons. The number of carbonyl (C=O) groups excluding carboxylic acids is 1. The summed E-state index contributed by atoms with van der Waals surface area (Å²) < 4.78 is 14.9. The van der Waals surface area contributed by atoms with Crippen LogP contribution in [0.3, 0.4) is 0 Å². The molecule has 0 amide bonds. The highest BCUT2D eigenvalue weighted by Crippen LogP contribution is 2.42. The van der Waals surface area contributed by atoms with Gasteiger partial charge in [0.25, 0.3) is 0 Å². The van der Waals surface area contributed by atoms with E-state index in [1.54, 1.807) is 14.2 Å². The summed E-state index contributed by atoms with van der Waals surface area (Å²) in [6.07, 6.45) is 1.52. The first-order chi connectivity index (χ1) is 5.70. The molecule has 0 aromatic carbocycles. The van der Waals surface area contributed by atoms with Crippen LogP contribution in [0.4, 0.5) is 0 Å². The molecule has 0 heterocycles. The van der Waals surface area contributed by atoms with Gasteiger partial charge in [-0.1, -0.05) is 0 Å². The molecule has 1 atom stereocenters. The Morgan fingerprint density at radius 3 is 2.17 bits per heavy atom. The van der Waals surface area contributed by atoms with Crippen molar-refractivity contribution >= 4 is 5.97 Å². The lowest BCUT2D eigenvalue weighted by Crippen LogP contribution is -2.54. The molecule has 0 N–H and O–H groups in total. The van der Waals surface area contributed by atoms with Crippen LogP contribution in [0, 0.1) is 5.92 Å². The smallest absolute Gasteiger partial charge is 0.314 e. The zero-order chi connectivity index (χ0) is 9.19. The van der Waals surface area contributed by atoms with Crippen LogP contribution in [0.15, 0.2) is 0 Å². The zero-order valence-electron chi connectivity index (χ0n) is 7.62. The Morgan fingerprint density at radius 1 is 1.33 bits per heavy atom. The van der Waals surface area contributed by atoms with E-state index in [9.17, 15) is 4.79 Å². The molecular weight excluding hydrogens is 160 g/mol. The minimum Gasteiger partial charge on any atom is -0.469 e. The first-order valence-corrected chi connectivity index (χ1v) is 3.88.